The Balaban J connectivity index is 1.58. The first-order chi connectivity index (χ1) is 15.4. The lowest BCUT2D eigenvalue weighted by Crippen LogP contribution is -2.60. The molecule has 4 rings (SSSR count). The van der Waals surface area contributed by atoms with Crippen molar-refractivity contribution in [1.29, 1.82) is 0 Å². The Kier molecular flexibility index (Phi) is 6.20. The lowest BCUT2D eigenvalue weighted by Gasteiger charge is -2.60. The third-order valence-corrected chi connectivity index (χ3v) is 9.81. The topological polar surface area (TPSA) is 69.7 Å². The molecule has 3 fully saturated rings. The van der Waals surface area contributed by atoms with Gasteiger partial charge in [-0.1, -0.05) is 19.9 Å². The first-order valence-corrected chi connectivity index (χ1v) is 13.0. The molecule has 0 radical (unpaired) electrons. The second-order valence-corrected chi connectivity index (χ2v) is 12.2. The quantitative estimate of drug-likeness (QED) is 0.673. The highest BCUT2D eigenvalue weighted by atomic mass is 16.2. The lowest BCUT2D eigenvalue weighted by atomic mass is 9.47. The SMILES string of the molecule is CC(C)NC(=O)N(C(=O)[C@H]1CC[C@H]2[C@@H]3CC[C@H]4N(C)C(=O)C=C[C@]4(C)[C@H]3CC[C@]12C)C(C)C. The van der Waals surface area contributed by atoms with Crippen molar-refractivity contribution in [3.05, 3.63) is 12.2 Å². The van der Waals surface area contributed by atoms with Crippen LogP contribution in [0.25, 0.3) is 0 Å². The van der Waals surface area contributed by atoms with Crippen molar-refractivity contribution in [3.8, 4) is 0 Å². The van der Waals surface area contributed by atoms with Crippen molar-refractivity contribution in [2.45, 2.75) is 98.2 Å². The molecule has 7 atom stereocenters. The minimum Gasteiger partial charge on any atom is -0.338 e. The number of carbonyl (C=O) groups excluding carboxylic acids is 3. The largest absolute Gasteiger partial charge is 0.338 e. The zero-order valence-corrected chi connectivity index (χ0v) is 21.6. The van der Waals surface area contributed by atoms with Gasteiger partial charge in [-0.15, -0.1) is 0 Å². The summed E-state index contributed by atoms with van der Waals surface area (Å²) in [6.07, 6.45) is 10.2. The van der Waals surface area contributed by atoms with Crippen molar-refractivity contribution in [3.63, 3.8) is 0 Å². The Bertz CT molecular complexity index is 852. The second kappa shape index (κ2) is 8.42. The molecule has 0 saturated heterocycles. The average molecular weight is 458 g/mol. The number of nitrogens with zero attached hydrogens (tertiary/aromatic N) is 2. The Hall–Kier alpha value is -1.85. The lowest BCUT2D eigenvalue weighted by molar-refractivity contribution is -0.146. The molecule has 1 aliphatic heterocycles. The number of rotatable bonds is 3. The molecule has 3 saturated carbocycles. The fourth-order valence-corrected chi connectivity index (χ4v) is 8.22. The van der Waals surface area contributed by atoms with E-state index in [1.54, 1.807) is 6.08 Å². The molecule has 0 unspecified atom stereocenters. The van der Waals surface area contributed by atoms with Gasteiger partial charge in [-0.05, 0) is 95.5 Å². The third-order valence-electron chi connectivity index (χ3n) is 9.81. The molecule has 3 aliphatic carbocycles. The number of nitrogens with one attached hydrogen (secondary N) is 1. The van der Waals surface area contributed by atoms with Gasteiger partial charge in [-0.25, -0.2) is 4.79 Å². The Morgan fingerprint density at radius 1 is 1.06 bits per heavy atom. The Morgan fingerprint density at radius 2 is 1.76 bits per heavy atom. The fourth-order valence-electron chi connectivity index (χ4n) is 8.22. The van der Waals surface area contributed by atoms with Gasteiger partial charge in [0.1, 0.15) is 0 Å². The molecule has 6 heteroatoms. The standard InChI is InChI=1S/C27H43N3O3/c1-16(2)28-25(33)30(17(3)4)24(32)21-10-9-19-18-8-11-22-27(6,15-13-23(31)29(22)7)20(18)12-14-26(19,21)5/h13,15-22H,8-12,14H2,1-7H3,(H,28,33)/t18-,19-,20-,21+,22+,26-,27+/m0/s1. The normalized spacial score (nSPS) is 39.8. The first-order valence-electron chi connectivity index (χ1n) is 13.0. The zero-order chi connectivity index (χ0) is 24.3. The minimum absolute atomic E-state index is 0.00149. The molecule has 0 aromatic heterocycles. The Morgan fingerprint density at radius 3 is 2.39 bits per heavy atom. The number of imide groups is 1. The average Bonchev–Trinajstić information content (AvgIpc) is 3.07. The van der Waals surface area contributed by atoms with Gasteiger partial charge in [-0.3, -0.25) is 14.5 Å². The second-order valence-electron chi connectivity index (χ2n) is 12.2. The van der Waals surface area contributed by atoms with E-state index in [1.165, 1.54) is 4.90 Å². The molecule has 0 spiro atoms. The number of urea groups is 1. The molecule has 184 valence electrons. The van der Waals surface area contributed by atoms with E-state index in [1.807, 2.05) is 39.6 Å². The van der Waals surface area contributed by atoms with E-state index >= 15 is 0 Å². The smallest absolute Gasteiger partial charge is 0.324 e. The number of hydrogen-bond donors (Lipinski definition) is 1. The van der Waals surface area contributed by atoms with Crippen LogP contribution in [0.15, 0.2) is 12.2 Å². The van der Waals surface area contributed by atoms with Crippen molar-refractivity contribution in [2.75, 3.05) is 7.05 Å². The number of amides is 4. The molecule has 4 amide bonds. The van der Waals surface area contributed by atoms with Crippen LogP contribution in [0.2, 0.25) is 0 Å². The summed E-state index contributed by atoms with van der Waals surface area (Å²) in [6.45, 7) is 12.4. The van der Waals surface area contributed by atoms with E-state index in [2.05, 4.69) is 25.2 Å². The highest BCUT2D eigenvalue weighted by Crippen LogP contribution is 2.65. The van der Waals surface area contributed by atoms with Gasteiger partial charge in [0, 0.05) is 36.5 Å². The monoisotopic (exact) mass is 457 g/mol. The van der Waals surface area contributed by atoms with E-state index in [4.69, 9.17) is 0 Å². The molecule has 33 heavy (non-hydrogen) atoms. The summed E-state index contributed by atoms with van der Waals surface area (Å²) in [7, 11) is 1.95. The number of hydrogen-bond acceptors (Lipinski definition) is 3. The van der Waals surface area contributed by atoms with Crippen LogP contribution in [0.1, 0.15) is 80.1 Å². The highest BCUT2D eigenvalue weighted by molar-refractivity contribution is 5.96. The predicted octanol–water partition coefficient (Wildman–Crippen LogP) is 4.60. The molecule has 0 aromatic rings. The van der Waals surface area contributed by atoms with Crippen molar-refractivity contribution < 1.29 is 14.4 Å². The molecule has 1 N–H and O–H groups in total. The van der Waals surface area contributed by atoms with Gasteiger partial charge in [-0.2, -0.15) is 0 Å². The summed E-state index contributed by atoms with van der Waals surface area (Å²) in [5.74, 6) is 1.65. The van der Waals surface area contributed by atoms with Gasteiger partial charge in [0.15, 0.2) is 0 Å². The number of carbonyl (C=O) groups is 3. The maximum absolute atomic E-state index is 13.8. The molecule has 0 aromatic carbocycles. The van der Waals surface area contributed by atoms with Gasteiger partial charge in [0.05, 0.1) is 0 Å². The molecular weight excluding hydrogens is 414 g/mol. The van der Waals surface area contributed by atoms with E-state index in [-0.39, 0.29) is 52.7 Å². The molecule has 0 bridgehead atoms. The maximum atomic E-state index is 13.8. The summed E-state index contributed by atoms with van der Waals surface area (Å²) < 4.78 is 0. The van der Waals surface area contributed by atoms with Crippen LogP contribution in [-0.2, 0) is 9.59 Å². The van der Waals surface area contributed by atoms with Crippen LogP contribution in [0, 0.1) is 34.5 Å². The van der Waals surface area contributed by atoms with E-state index in [0.717, 1.165) is 38.5 Å². The number of likely N-dealkylation sites (N-methyl/N-ethyl adjacent to an activating group) is 1. The van der Waals surface area contributed by atoms with Gasteiger partial charge in [0.25, 0.3) is 0 Å². The van der Waals surface area contributed by atoms with Crippen molar-refractivity contribution in [1.82, 2.24) is 15.1 Å². The highest BCUT2D eigenvalue weighted by Gasteiger charge is 2.62. The van der Waals surface area contributed by atoms with Crippen LogP contribution in [0.4, 0.5) is 4.79 Å². The summed E-state index contributed by atoms with van der Waals surface area (Å²) in [5.41, 5.74) is -0.0527. The number of fused-ring (bicyclic) bond motifs is 5. The van der Waals surface area contributed by atoms with Gasteiger partial charge >= 0.3 is 6.03 Å². The van der Waals surface area contributed by atoms with Crippen LogP contribution in [-0.4, -0.2) is 52.8 Å². The Labute approximate surface area is 199 Å². The van der Waals surface area contributed by atoms with Gasteiger partial charge in [0.2, 0.25) is 11.8 Å². The van der Waals surface area contributed by atoms with E-state index < -0.39 is 0 Å². The maximum Gasteiger partial charge on any atom is 0.324 e. The van der Waals surface area contributed by atoms with Crippen molar-refractivity contribution >= 4 is 17.8 Å². The predicted molar refractivity (Wildman–Crippen MR) is 129 cm³/mol. The summed E-state index contributed by atoms with van der Waals surface area (Å²) in [5, 5.41) is 2.93. The molecule has 1 heterocycles. The molecule has 4 aliphatic rings. The van der Waals surface area contributed by atoms with Crippen LogP contribution in [0.5, 0.6) is 0 Å². The summed E-state index contributed by atoms with van der Waals surface area (Å²) in [6, 6.07) is -0.155. The third kappa shape index (κ3) is 3.72. The first kappa shape index (κ1) is 24.3. The van der Waals surface area contributed by atoms with Crippen LogP contribution >= 0.6 is 0 Å². The summed E-state index contributed by atoms with van der Waals surface area (Å²) >= 11 is 0. The molecular formula is C27H43N3O3. The van der Waals surface area contributed by atoms with Crippen molar-refractivity contribution in [2.24, 2.45) is 34.5 Å². The van der Waals surface area contributed by atoms with E-state index in [0.29, 0.717) is 17.8 Å². The minimum atomic E-state index is -0.265. The summed E-state index contributed by atoms with van der Waals surface area (Å²) in [4.78, 5) is 42.5. The molecule has 6 nitrogen and oxygen atoms in total. The van der Waals surface area contributed by atoms with E-state index in [9.17, 15) is 14.4 Å². The fraction of sp³-hybridized carbons (Fsp3) is 0.815. The van der Waals surface area contributed by atoms with Gasteiger partial charge < -0.3 is 10.2 Å². The van der Waals surface area contributed by atoms with Crippen LogP contribution < -0.4 is 5.32 Å². The zero-order valence-electron chi connectivity index (χ0n) is 21.6. The van der Waals surface area contributed by atoms with Crippen LogP contribution in [0.3, 0.4) is 0 Å².